The van der Waals surface area contributed by atoms with E-state index in [1.54, 1.807) is 38.3 Å². The van der Waals surface area contributed by atoms with Gasteiger partial charge in [0.1, 0.15) is 11.5 Å². The van der Waals surface area contributed by atoms with Crippen LogP contribution in [0.3, 0.4) is 0 Å². The molecule has 0 aliphatic rings. The Bertz CT molecular complexity index is 695. The Labute approximate surface area is 143 Å². The van der Waals surface area contributed by atoms with Gasteiger partial charge in [0, 0.05) is 0 Å². The summed E-state index contributed by atoms with van der Waals surface area (Å²) >= 11 is 0. The summed E-state index contributed by atoms with van der Waals surface area (Å²) in [5.41, 5.74) is 3.47. The van der Waals surface area contributed by atoms with Crippen LogP contribution in [0.4, 0.5) is 0 Å². The van der Waals surface area contributed by atoms with E-state index in [0.717, 1.165) is 16.9 Å². The van der Waals surface area contributed by atoms with Gasteiger partial charge in [0.2, 0.25) is 0 Å². The average Bonchev–Trinajstić information content (AvgIpc) is 2.57. The summed E-state index contributed by atoms with van der Waals surface area (Å²) in [5.74, 6) is 1.25. The molecule has 0 heterocycles. The maximum absolute atomic E-state index is 12.4. The standard InChI is InChI=1S/C20H25NO3/c1-13-6-7-14(2)19(12-13)15(3)21-20(22)16(4)24-18-10-8-17(23-5)9-11-18/h6-12,15-16H,1-5H3,(H,21,22)/t15-,16+/m1/s1. The highest BCUT2D eigenvalue weighted by Gasteiger charge is 2.18. The van der Waals surface area contributed by atoms with Crippen molar-refractivity contribution in [1.82, 2.24) is 5.32 Å². The van der Waals surface area contributed by atoms with Gasteiger partial charge in [-0.2, -0.15) is 0 Å². The van der Waals surface area contributed by atoms with Crippen LogP contribution in [0.25, 0.3) is 0 Å². The topological polar surface area (TPSA) is 47.6 Å². The lowest BCUT2D eigenvalue weighted by atomic mass is 10.00. The number of aryl methyl sites for hydroxylation is 2. The fourth-order valence-corrected chi connectivity index (χ4v) is 2.55. The monoisotopic (exact) mass is 327 g/mol. The second-order valence-electron chi connectivity index (χ2n) is 6.03. The fourth-order valence-electron chi connectivity index (χ4n) is 2.55. The lowest BCUT2D eigenvalue weighted by molar-refractivity contribution is -0.127. The summed E-state index contributed by atoms with van der Waals surface area (Å²) in [4.78, 5) is 12.4. The zero-order valence-corrected chi connectivity index (χ0v) is 14.9. The van der Waals surface area contributed by atoms with E-state index in [9.17, 15) is 4.79 Å². The SMILES string of the molecule is COc1ccc(O[C@@H](C)C(=O)N[C@H](C)c2cc(C)ccc2C)cc1. The third-order valence-corrected chi connectivity index (χ3v) is 4.00. The maximum atomic E-state index is 12.4. The molecule has 128 valence electrons. The summed E-state index contributed by atoms with van der Waals surface area (Å²) in [5, 5.41) is 3.02. The van der Waals surface area contributed by atoms with Crippen molar-refractivity contribution in [3.63, 3.8) is 0 Å². The molecule has 0 saturated carbocycles. The van der Waals surface area contributed by atoms with Crippen LogP contribution in [0, 0.1) is 13.8 Å². The maximum Gasteiger partial charge on any atom is 0.261 e. The van der Waals surface area contributed by atoms with Gasteiger partial charge < -0.3 is 14.8 Å². The number of methoxy groups -OCH3 is 1. The molecule has 0 unspecified atom stereocenters. The first-order valence-corrected chi connectivity index (χ1v) is 8.09. The van der Waals surface area contributed by atoms with Gasteiger partial charge in [0.15, 0.2) is 6.10 Å². The Hall–Kier alpha value is -2.49. The van der Waals surface area contributed by atoms with Gasteiger partial charge in [0.25, 0.3) is 5.91 Å². The van der Waals surface area contributed by atoms with Gasteiger partial charge in [0.05, 0.1) is 13.2 Å². The van der Waals surface area contributed by atoms with Gasteiger partial charge in [-0.15, -0.1) is 0 Å². The number of amides is 1. The Morgan fingerprint density at radius 2 is 1.62 bits per heavy atom. The molecule has 2 atom stereocenters. The minimum absolute atomic E-state index is 0.0701. The van der Waals surface area contributed by atoms with Crippen LogP contribution in [0.1, 0.15) is 36.6 Å². The zero-order chi connectivity index (χ0) is 17.7. The van der Waals surface area contributed by atoms with Crippen molar-refractivity contribution in [3.8, 4) is 11.5 Å². The minimum atomic E-state index is -0.578. The first-order valence-electron chi connectivity index (χ1n) is 8.09. The van der Waals surface area contributed by atoms with Crippen LogP contribution in [0.15, 0.2) is 42.5 Å². The summed E-state index contributed by atoms with van der Waals surface area (Å²) < 4.78 is 10.8. The van der Waals surface area contributed by atoms with Crippen LogP contribution < -0.4 is 14.8 Å². The van der Waals surface area contributed by atoms with Crippen LogP contribution in [0.5, 0.6) is 11.5 Å². The van der Waals surface area contributed by atoms with E-state index in [2.05, 4.69) is 30.4 Å². The molecule has 2 aromatic carbocycles. The van der Waals surface area contributed by atoms with E-state index in [1.807, 2.05) is 13.8 Å². The Morgan fingerprint density at radius 3 is 2.25 bits per heavy atom. The van der Waals surface area contributed by atoms with Crippen molar-refractivity contribution in [3.05, 3.63) is 59.2 Å². The third-order valence-electron chi connectivity index (χ3n) is 4.00. The molecule has 2 rings (SSSR count). The average molecular weight is 327 g/mol. The summed E-state index contributed by atoms with van der Waals surface area (Å²) in [6.07, 6.45) is -0.578. The predicted molar refractivity (Wildman–Crippen MR) is 95.6 cm³/mol. The lowest BCUT2D eigenvalue weighted by Crippen LogP contribution is -2.38. The van der Waals surface area contributed by atoms with Crippen molar-refractivity contribution < 1.29 is 14.3 Å². The van der Waals surface area contributed by atoms with Gasteiger partial charge in [-0.1, -0.05) is 23.8 Å². The molecule has 0 radical (unpaired) electrons. The molecule has 0 aliphatic carbocycles. The number of nitrogens with one attached hydrogen (secondary N) is 1. The van der Waals surface area contributed by atoms with Gasteiger partial charge >= 0.3 is 0 Å². The molecule has 4 nitrogen and oxygen atoms in total. The lowest BCUT2D eigenvalue weighted by Gasteiger charge is -2.20. The Kier molecular flexibility index (Phi) is 5.85. The van der Waals surface area contributed by atoms with Crippen molar-refractivity contribution in [2.75, 3.05) is 7.11 Å². The van der Waals surface area contributed by atoms with E-state index >= 15 is 0 Å². The normalized spacial score (nSPS) is 13.0. The Morgan fingerprint density at radius 1 is 1.00 bits per heavy atom. The van der Waals surface area contributed by atoms with Crippen molar-refractivity contribution in [1.29, 1.82) is 0 Å². The molecule has 0 saturated heterocycles. The number of rotatable bonds is 6. The fraction of sp³-hybridized carbons (Fsp3) is 0.350. The zero-order valence-electron chi connectivity index (χ0n) is 14.9. The molecule has 1 amide bonds. The molecule has 0 aliphatic heterocycles. The van der Waals surface area contributed by atoms with Gasteiger partial charge in [-0.3, -0.25) is 4.79 Å². The summed E-state index contributed by atoms with van der Waals surface area (Å²) in [6.45, 7) is 7.83. The van der Waals surface area contributed by atoms with Crippen LogP contribution in [-0.4, -0.2) is 19.1 Å². The van der Waals surface area contributed by atoms with E-state index in [1.165, 1.54) is 5.56 Å². The van der Waals surface area contributed by atoms with Crippen molar-refractivity contribution >= 4 is 5.91 Å². The predicted octanol–water partition coefficient (Wildman–Crippen LogP) is 3.96. The number of ether oxygens (including phenoxy) is 2. The highest BCUT2D eigenvalue weighted by molar-refractivity contribution is 5.81. The highest BCUT2D eigenvalue weighted by atomic mass is 16.5. The molecule has 2 aromatic rings. The minimum Gasteiger partial charge on any atom is -0.497 e. The summed E-state index contributed by atoms with van der Waals surface area (Å²) in [7, 11) is 1.61. The quantitative estimate of drug-likeness (QED) is 0.874. The second kappa shape index (κ2) is 7.86. The second-order valence-corrected chi connectivity index (χ2v) is 6.03. The highest BCUT2D eigenvalue weighted by Crippen LogP contribution is 2.20. The molecular weight excluding hydrogens is 302 g/mol. The van der Waals surface area contributed by atoms with Crippen molar-refractivity contribution in [2.24, 2.45) is 0 Å². The smallest absolute Gasteiger partial charge is 0.261 e. The first-order chi connectivity index (χ1) is 11.4. The third kappa shape index (κ3) is 4.51. The molecule has 24 heavy (non-hydrogen) atoms. The van der Waals surface area contributed by atoms with Crippen molar-refractivity contribution in [2.45, 2.75) is 39.8 Å². The molecule has 0 bridgehead atoms. The number of hydrogen-bond acceptors (Lipinski definition) is 3. The number of carbonyl (C=O) groups excluding carboxylic acids is 1. The molecule has 0 aromatic heterocycles. The van der Waals surface area contributed by atoms with Crippen LogP contribution in [-0.2, 0) is 4.79 Å². The first kappa shape index (κ1) is 17.9. The van der Waals surface area contributed by atoms with Gasteiger partial charge in [-0.25, -0.2) is 0 Å². The largest absolute Gasteiger partial charge is 0.497 e. The number of carbonyl (C=O) groups is 1. The molecule has 1 N–H and O–H groups in total. The van der Waals surface area contributed by atoms with E-state index in [4.69, 9.17) is 9.47 Å². The molecular formula is C20H25NO3. The molecule has 4 heteroatoms. The van der Waals surface area contributed by atoms with Crippen LogP contribution in [0.2, 0.25) is 0 Å². The Balaban J connectivity index is 1.98. The van der Waals surface area contributed by atoms with Crippen LogP contribution >= 0.6 is 0 Å². The van der Waals surface area contributed by atoms with E-state index in [0.29, 0.717) is 5.75 Å². The van der Waals surface area contributed by atoms with E-state index in [-0.39, 0.29) is 11.9 Å². The van der Waals surface area contributed by atoms with E-state index < -0.39 is 6.10 Å². The number of benzene rings is 2. The molecule has 0 spiro atoms. The molecule has 0 fully saturated rings. The van der Waals surface area contributed by atoms with Gasteiger partial charge in [-0.05, 0) is 63.1 Å². The summed E-state index contributed by atoms with van der Waals surface area (Å²) in [6, 6.07) is 13.4. The number of hydrogen-bond donors (Lipinski definition) is 1.